The molecule has 1 amide bonds. The molecule has 108 valence electrons. The van der Waals surface area contributed by atoms with E-state index in [1.54, 1.807) is 36.4 Å². The molecular formula is C17H16FNO2. The number of benzene rings is 2. The zero-order valence-electron chi connectivity index (χ0n) is 11.5. The molecule has 3 nitrogen and oxygen atoms in total. The van der Waals surface area contributed by atoms with Crippen LogP contribution in [0, 0.1) is 11.7 Å². The van der Waals surface area contributed by atoms with E-state index in [-0.39, 0.29) is 5.56 Å². The van der Waals surface area contributed by atoms with E-state index in [0.29, 0.717) is 11.6 Å². The zero-order chi connectivity index (χ0) is 14.7. The molecule has 0 aliphatic heterocycles. The van der Waals surface area contributed by atoms with E-state index >= 15 is 0 Å². The van der Waals surface area contributed by atoms with Gasteiger partial charge in [0.1, 0.15) is 11.6 Å². The number of rotatable bonds is 5. The van der Waals surface area contributed by atoms with Gasteiger partial charge in [-0.2, -0.15) is 0 Å². The fourth-order valence-corrected chi connectivity index (χ4v) is 1.98. The Kier molecular flexibility index (Phi) is 3.86. The van der Waals surface area contributed by atoms with Crippen LogP contribution in [0.25, 0.3) is 0 Å². The van der Waals surface area contributed by atoms with Crippen LogP contribution in [0.4, 0.5) is 10.1 Å². The highest BCUT2D eigenvalue weighted by atomic mass is 19.1. The molecule has 0 heterocycles. The molecule has 1 aliphatic carbocycles. The fraction of sp³-hybridized carbons (Fsp3) is 0.235. The van der Waals surface area contributed by atoms with Gasteiger partial charge in [-0.3, -0.25) is 4.79 Å². The van der Waals surface area contributed by atoms with Gasteiger partial charge in [-0.1, -0.05) is 12.1 Å². The molecule has 4 heteroatoms. The van der Waals surface area contributed by atoms with Gasteiger partial charge in [0.05, 0.1) is 12.2 Å². The number of nitrogens with one attached hydrogen (secondary N) is 1. The van der Waals surface area contributed by atoms with Gasteiger partial charge in [-0.15, -0.1) is 0 Å². The van der Waals surface area contributed by atoms with Crippen molar-refractivity contribution in [1.82, 2.24) is 0 Å². The van der Waals surface area contributed by atoms with E-state index in [1.807, 2.05) is 0 Å². The van der Waals surface area contributed by atoms with Crippen LogP contribution in [0.3, 0.4) is 0 Å². The normalized spacial score (nSPS) is 13.8. The number of carbonyl (C=O) groups is 1. The predicted molar refractivity (Wildman–Crippen MR) is 79.0 cm³/mol. The molecule has 3 rings (SSSR count). The molecule has 1 saturated carbocycles. The lowest BCUT2D eigenvalue weighted by molar-refractivity contribution is 0.102. The van der Waals surface area contributed by atoms with Gasteiger partial charge in [0.25, 0.3) is 5.91 Å². The van der Waals surface area contributed by atoms with Crippen molar-refractivity contribution in [2.45, 2.75) is 12.8 Å². The summed E-state index contributed by atoms with van der Waals surface area (Å²) in [6.07, 6.45) is 2.49. The summed E-state index contributed by atoms with van der Waals surface area (Å²) in [6, 6.07) is 13.0. The Morgan fingerprint density at radius 1 is 1.14 bits per heavy atom. The SMILES string of the molecule is O=C(Nc1ccc(OCC2CC2)cc1)c1ccccc1F. The summed E-state index contributed by atoms with van der Waals surface area (Å²) in [5.74, 6) is 0.496. The molecule has 1 fully saturated rings. The standard InChI is InChI=1S/C17H16FNO2/c18-16-4-2-1-3-15(16)17(20)19-13-7-9-14(10-8-13)21-11-12-5-6-12/h1-4,7-10,12H,5-6,11H2,(H,19,20). The van der Waals surface area contributed by atoms with Crippen molar-refractivity contribution in [3.05, 3.63) is 59.9 Å². The highest BCUT2D eigenvalue weighted by molar-refractivity contribution is 6.04. The van der Waals surface area contributed by atoms with Crippen LogP contribution >= 0.6 is 0 Å². The highest BCUT2D eigenvalue weighted by Crippen LogP contribution is 2.29. The quantitative estimate of drug-likeness (QED) is 0.905. The largest absolute Gasteiger partial charge is 0.493 e. The summed E-state index contributed by atoms with van der Waals surface area (Å²) >= 11 is 0. The molecule has 1 aliphatic rings. The van der Waals surface area contributed by atoms with Gasteiger partial charge in [-0.25, -0.2) is 4.39 Å². The van der Waals surface area contributed by atoms with Gasteiger partial charge in [0.2, 0.25) is 0 Å². The first-order valence-corrected chi connectivity index (χ1v) is 7.01. The molecule has 0 saturated heterocycles. The van der Waals surface area contributed by atoms with Crippen LogP contribution < -0.4 is 10.1 Å². The number of ether oxygens (including phenoxy) is 1. The second-order valence-corrected chi connectivity index (χ2v) is 5.21. The maximum absolute atomic E-state index is 13.5. The molecule has 0 spiro atoms. The van der Waals surface area contributed by atoms with Crippen LogP contribution in [-0.2, 0) is 0 Å². The molecule has 21 heavy (non-hydrogen) atoms. The van der Waals surface area contributed by atoms with Crippen molar-refractivity contribution in [2.75, 3.05) is 11.9 Å². The van der Waals surface area contributed by atoms with Gasteiger partial charge in [0, 0.05) is 5.69 Å². The van der Waals surface area contributed by atoms with Crippen molar-refractivity contribution < 1.29 is 13.9 Å². The summed E-state index contributed by atoms with van der Waals surface area (Å²) < 4.78 is 19.1. The Labute approximate surface area is 122 Å². The Bertz CT molecular complexity index is 635. The minimum Gasteiger partial charge on any atom is -0.493 e. The zero-order valence-corrected chi connectivity index (χ0v) is 11.5. The lowest BCUT2D eigenvalue weighted by Gasteiger charge is -2.08. The lowest BCUT2D eigenvalue weighted by Crippen LogP contribution is -2.13. The van der Waals surface area contributed by atoms with Crippen LogP contribution in [0.2, 0.25) is 0 Å². The molecule has 0 unspecified atom stereocenters. The predicted octanol–water partition coefficient (Wildman–Crippen LogP) is 3.87. The van der Waals surface area contributed by atoms with E-state index < -0.39 is 11.7 Å². The third kappa shape index (κ3) is 3.60. The van der Waals surface area contributed by atoms with Crippen molar-refractivity contribution in [1.29, 1.82) is 0 Å². The minimum atomic E-state index is -0.528. The van der Waals surface area contributed by atoms with E-state index in [4.69, 9.17) is 4.74 Å². The van der Waals surface area contributed by atoms with Gasteiger partial charge < -0.3 is 10.1 Å². The third-order valence-electron chi connectivity index (χ3n) is 3.41. The molecule has 0 bridgehead atoms. The number of carbonyl (C=O) groups excluding carboxylic acids is 1. The first-order valence-electron chi connectivity index (χ1n) is 7.01. The lowest BCUT2D eigenvalue weighted by atomic mass is 10.2. The Morgan fingerprint density at radius 2 is 1.86 bits per heavy atom. The first-order chi connectivity index (χ1) is 10.2. The van der Waals surface area contributed by atoms with Crippen LogP contribution in [0.1, 0.15) is 23.2 Å². The Hall–Kier alpha value is -2.36. The monoisotopic (exact) mass is 285 g/mol. The molecular weight excluding hydrogens is 269 g/mol. The van der Waals surface area contributed by atoms with Crippen molar-refractivity contribution in [2.24, 2.45) is 5.92 Å². The second kappa shape index (κ2) is 5.95. The summed E-state index contributed by atoms with van der Waals surface area (Å²) in [6.45, 7) is 0.751. The average molecular weight is 285 g/mol. The Morgan fingerprint density at radius 3 is 2.52 bits per heavy atom. The molecule has 2 aromatic carbocycles. The summed E-state index contributed by atoms with van der Waals surface area (Å²) in [5, 5.41) is 2.67. The van der Waals surface area contributed by atoms with Crippen molar-refractivity contribution in [3.63, 3.8) is 0 Å². The van der Waals surface area contributed by atoms with Crippen LogP contribution in [0.15, 0.2) is 48.5 Å². The van der Waals surface area contributed by atoms with E-state index in [0.717, 1.165) is 12.4 Å². The second-order valence-electron chi connectivity index (χ2n) is 5.21. The van der Waals surface area contributed by atoms with E-state index in [1.165, 1.54) is 25.0 Å². The molecule has 2 aromatic rings. The number of hydrogen-bond acceptors (Lipinski definition) is 2. The molecule has 0 aromatic heterocycles. The number of halogens is 1. The molecule has 0 atom stereocenters. The maximum atomic E-state index is 13.5. The maximum Gasteiger partial charge on any atom is 0.258 e. The summed E-state index contributed by atoms with van der Waals surface area (Å²) in [5.41, 5.74) is 0.647. The highest BCUT2D eigenvalue weighted by Gasteiger charge is 2.21. The minimum absolute atomic E-state index is 0.0339. The van der Waals surface area contributed by atoms with E-state index in [9.17, 15) is 9.18 Å². The van der Waals surface area contributed by atoms with Gasteiger partial charge >= 0.3 is 0 Å². The van der Waals surface area contributed by atoms with Crippen LogP contribution in [-0.4, -0.2) is 12.5 Å². The summed E-state index contributed by atoms with van der Waals surface area (Å²) in [7, 11) is 0. The summed E-state index contributed by atoms with van der Waals surface area (Å²) in [4.78, 5) is 12.0. The smallest absolute Gasteiger partial charge is 0.258 e. The topological polar surface area (TPSA) is 38.3 Å². The van der Waals surface area contributed by atoms with E-state index in [2.05, 4.69) is 5.32 Å². The molecule has 0 radical (unpaired) electrons. The van der Waals surface area contributed by atoms with Crippen molar-refractivity contribution >= 4 is 11.6 Å². The number of hydrogen-bond donors (Lipinski definition) is 1. The molecule has 1 N–H and O–H groups in total. The fourth-order valence-electron chi connectivity index (χ4n) is 1.98. The van der Waals surface area contributed by atoms with Crippen molar-refractivity contribution in [3.8, 4) is 5.75 Å². The first kappa shape index (κ1) is 13.6. The number of amides is 1. The van der Waals surface area contributed by atoms with Crippen LogP contribution in [0.5, 0.6) is 5.75 Å². The Balaban J connectivity index is 1.61. The average Bonchev–Trinajstić information content (AvgIpc) is 3.31. The van der Waals surface area contributed by atoms with Gasteiger partial charge in [-0.05, 0) is 55.2 Å². The number of anilines is 1. The van der Waals surface area contributed by atoms with Gasteiger partial charge in [0.15, 0.2) is 0 Å². The third-order valence-corrected chi connectivity index (χ3v) is 3.41.